The number of halogens is 5. The van der Waals surface area contributed by atoms with Gasteiger partial charge in [-0.15, -0.1) is 0 Å². The molecule has 0 radical (unpaired) electrons. The summed E-state index contributed by atoms with van der Waals surface area (Å²) in [4.78, 5) is 22.2. The fourth-order valence-electron chi connectivity index (χ4n) is 1.21. The zero-order valence-electron chi connectivity index (χ0n) is 9.48. The van der Waals surface area contributed by atoms with E-state index in [-0.39, 0.29) is 12.7 Å². The summed E-state index contributed by atoms with van der Waals surface area (Å²) in [6, 6.07) is -0.0259. The molecule has 0 amide bonds. The summed E-state index contributed by atoms with van der Waals surface area (Å²) in [6.07, 6.45) is -2.95. The third kappa shape index (κ3) is 2.88. The van der Waals surface area contributed by atoms with Gasteiger partial charge < -0.3 is 4.74 Å². The number of rotatable bonds is 4. The second-order valence-electron chi connectivity index (χ2n) is 3.33. The predicted molar refractivity (Wildman–Crippen MR) is 52.1 cm³/mol. The topological polar surface area (TPSA) is 43.4 Å². The van der Waals surface area contributed by atoms with Crippen molar-refractivity contribution in [3.05, 3.63) is 34.9 Å². The monoisotopic (exact) mass is 282 g/mol. The highest BCUT2D eigenvalue weighted by atomic mass is 19.2. The van der Waals surface area contributed by atoms with E-state index in [2.05, 4.69) is 4.74 Å². The Balaban J connectivity index is 3.17. The summed E-state index contributed by atoms with van der Waals surface area (Å²) in [7, 11) is 0. The average Bonchev–Trinajstić information content (AvgIpc) is 2.39. The van der Waals surface area contributed by atoms with Gasteiger partial charge in [0.2, 0.25) is 5.78 Å². The first-order valence-electron chi connectivity index (χ1n) is 4.99. The van der Waals surface area contributed by atoms with Gasteiger partial charge in [-0.3, -0.25) is 4.79 Å². The number of Topliss-reactive ketones (excluding diaryl/α,β-unsaturated/α-hetero) is 1. The van der Waals surface area contributed by atoms with Gasteiger partial charge in [-0.25, -0.2) is 26.7 Å². The van der Waals surface area contributed by atoms with Crippen molar-refractivity contribution < 1.29 is 36.3 Å². The number of ketones is 1. The molecule has 1 aromatic carbocycles. The summed E-state index contributed by atoms with van der Waals surface area (Å²) in [5.74, 6) is -11.8. The number of hydrogen-bond acceptors (Lipinski definition) is 3. The molecule has 0 saturated heterocycles. The maximum Gasteiger partial charge on any atom is 0.349 e. The lowest BCUT2D eigenvalue weighted by atomic mass is 10.1. The molecule has 104 valence electrons. The van der Waals surface area contributed by atoms with Gasteiger partial charge in [0.15, 0.2) is 23.3 Å². The number of hydrogen-bond donors (Lipinski definition) is 0. The first kappa shape index (κ1) is 15.1. The number of carbonyl (C=O) groups excluding carboxylic acids is 2. The molecular formula is C11H7F5O3. The lowest BCUT2D eigenvalue weighted by molar-refractivity contribution is -0.147. The van der Waals surface area contributed by atoms with Crippen LogP contribution in [0.3, 0.4) is 0 Å². The van der Waals surface area contributed by atoms with Crippen molar-refractivity contribution in [2.45, 2.75) is 13.1 Å². The van der Waals surface area contributed by atoms with Crippen LogP contribution < -0.4 is 0 Å². The summed E-state index contributed by atoms with van der Waals surface area (Å²) < 4.78 is 68.9. The highest BCUT2D eigenvalue weighted by molar-refractivity contribution is 6.11. The average molecular weight is 282 g/mol. The highest BCUT2D eigenvalue weighted by Crippen LogP contribution is 2.20. The van der Waals surface area contributed by atoms with Gasteiger partial charge in [-0.05, 0) is 13.0 Å². The molecule has 1 aromatic rings. The zero-order chi connectivity index (χ0) is 14.7. The lowest BCUT2D eigenvalue weighted by Gasteiger charge is -2.08. The Hall–Kier alpha value is -1.99. The molecule has 0 fully saturated rings. The van der Waals surface area contributed by atoms with Crippen LogP contribution in [0, 0.1) is 23.3 Å². The smallest absolute Gasteiger partial charge is 0.349 e. The molecule has 0 spiro atoms. The molecule has 0 bridgehead atoms. The molecule has 1 rings (SSSR count). The van der Waals surface area contributed by atoms with E-state index in [4.69, 9.17) is 0 Å². The fraction of sp³-hybridized carbons (Fsp3) is 0.273. The van der Waals surface area contributed by atoms with Gasteiger partial charge in [-0.1, -0.05) is 0 Å². The quantitative estimate of drug-likeness (QED) is 0.212. The SMILES string of the molecule is CCOC(=O)C(F)C(=O)c1cc(F)c(F)c(F)c1F. The van der Waals surface area contributed by atoms with Crippen LogP contribution in [0.25, 0.3) is 0 Å². The molecule has 19 heavy (non-hydrogen) atoms. The Morgan fingerprint density at radius 3 is 2.26 bits per heavy atom. The molecule has 0 aromatic heterocycles. The first-order valence-corrected chi connectivity index (χ1v) is 4.99. The van der Waals surface area contributed by atoms with Crippen LogP contribution in [-0.2, 0) is 9.53 Å². The zero-order valence-corrected chi connectivity index (χ0v) is 9.48. The number of esters is 1. The maximum absolute atomic E-state index is 13.3. The molecule has 1 atom stereocenters. The van der Waals surface area contributed by atoms with E-state index in [9.17, 15) is 31.5 Å². The number of benzene rings is 1. The Labute approximate surface area is 104 Å². The molecule has 1 unspecified atom stereocenters. The third-order valence-electron chi connectivity index (χ3n) is 2.09. The molecule has 0 N–H and O–H groups in total. The second kappa shape index (κ2) is 5.77. The van der Waals surface area contributed by atoms with E-state index in [0.717, 1.165) is 0 Å². The van der Waals surface area contributed by atoms with Crippen LogP contribution in [-0.4, -0.2) is 24.5 Å². The molecule has 0 aliphatic heterocycles. The van der Waals surface area contributed by atoms with Gasteiger partial charge in [-0.2, -0.15) is 0 Å². The molecule has 0 aliphatic rings. The minimum Gasteiger partial charge on any atom is -0.463 e. The van der Waals surface area contributed by atoms with E-state index >= 15 is 0 Å². The molecule has 3 nitrogen and oxygen atoms in total. The second-order valence-corrected chi connectivity index (χ2v) is 3.33. The number of alkyl halides is 1. The highest BCUT2D eigenvalue weighted by Gasteiger charge is 2.33. The molecule has 0 aliphatic carbocycles. The fourth-order valence-corrected chi connectivity index (χ4v) is 1.21. The lowest BCUT2D eigenvalue weighted by Crippen LogP contribution is -2.29. The van der Waals surface area contributed by atoms with Gasteiger partial charge in [0.05, 0.1) is 12.2 Å². The first-order chi connectivity index (χ1) is 8.81. The van der Waals surface area contributed by atoms with Crippen LogP contribution in [0.15, 0.2) is 6.07 Å². The van der Waals surface area contributed by atoms with Crippen molar-refractivity contribution in [2.24, 2.45) is 0 Å². The summed E-state index contributed by atoms with van der Waals surface area (Å²) >= 11 is 0. The normalized spacial score (nSPS) is 12.1. The van der Waals surface area contributed by atoms with Crippen molar-refractivity contribution >= 4 is 11.8 Å². The van der Waals surface area contributed by atoms with Crippen molar-refractivity contribution in [1.29, 1.82) is 0 Å². The maximum atomic E-state index is 13.3. The van der Waals surface area contributed by atoms with Crippen molar-refractivity contribution in [3.63, 3.8) is 0 Å². The van der Waals surface area contributed by atoms with Crippen LogP contribution >= 0.6 is 0 Å². The summed E-state index contributed by atoms with van der Waals surface area (Å²) in [6.45, 7) is 1.08. The van der Waals surface area contributed by atoms with Gasteiger partial charge in [0, 0.05) is 0 Å². The Morgan fingerprint density at radius 2 is 1.74 bits per heavy atom. The van der Waals surface area contributed by atoms with Crippen LogP contribution in [0.1, 0.15) is 17.3 Å². The van der Waals surface area contributed by atoms with Gasteiger partial charge >= 0.3 is 5.97 Å². The number of carbonyl (C=O) groups is 2. The van der Waals surface area contributed by atoms with E-state index in [1.54, 1.807) is 0 Å². The molecule has 0 heterocycles. The minimum absolute atomic E-state index is 0.0259. The molecular weight excluding hydrogens is 275 g/mol. The Kier molecular flexibility index (Phi) is 4.57. The van der Waals surface area contributed by atoms with E-state index < -0.39 is 46.8 Å². The van der Waals surface area contributed by atoms with Crippen molar-refractivity contribution in [1.82, 2.24) is 0 Å². The van der Waals surface area contributed by atoms with Crippen LogP contribution in [0.4, 0.5) is 22.0 Å². The van der Waals surface area contributed by atoms with Crippen molar-refractivity contribution in [2.75, 3.05) is 6.61 Å². The van der Waals surface area contributed by atoms with Crippen LogP contribution in [0.2, 0.25) is 0 Å². The standard InChI is InChI=1S/C11H7F5O3/c1-2-19-11(18)9(16)10(17)4-3-5(12)7(14)8(15)6(4)13/h3,9H,2H2,1H3. The molecule has 8 heteroatoms. The van der Waals surface area contributed by atoms with E-state index in [1.165, 1.54) is 6.92 Å². The Morgan fingerprint density at radius 1 is 1.16 bits per heavy atom. The van der Waals surface area contributed by atoms with Gasteiger partial charge in [0.25, 0.3) is 6.17 Å². The summed E-state index contributed by atoms with van der Waals surface area (Å²) in [5, 5.41) is 0. The Bertz CT molecular complexity index is 530. The van der Waals surface area contributed by atoms with Crippen molar-refractivity contribution in [3.8, 4) is 0 Å². The molecule has 0 saturated carbocycles. The predicted octanol–water partition coefficient (Wildman–Crippen LogP) is 2.33. The minimum atomic E-state index is -2.95. The largest absolute Gasteiger partial charge is 0.463 e. The van der Waals surface area contributed by atoms with Crippen LogP contribution in [0.5, 0.6) is 0 Å². The van der Waals surface area contributed by atoms with E-state index in [0.29, 0.717) is 0 Å². The number of ether oxygens (including phenoxy) is 1. The summed E-state index contributed by atoms with van der Waals surface area (Å²) in [5.41, 5.74) is -1.41. The van der Waals surface area contributed by atoms with Gasteiger partial charge in [0.1, 0.15) is 0 Å². The third-order valence-corrected chi connectivity index (χ3v) is 2.09. The van der Waals surface area contributed by atoms with E-state index in [1.807, 2.05) is 0 Å².